The zero-order valence-corrected chi connectivity index (χ0v) is 13.2. The van der Waals surface area contributed by atoms with Crippen molar-refractivity contribution in [3.05, 3.63) is 54.2 Å². The average molecular weight is 270 g/mol. The minimum Gasteiger partial charge on any atom is -0.337 e. The topological polar surface area (TPSA) is 17.8 Å². The molecule has 1 atom stereocenters. The summed E-state index contributed by atoms with van der Waals surface area (Å²) in [7, 11) is 0. The first-order chi connectivity index (χ1) is 9.40. The summed E-state index contributed by atoms with van der Waals surface area (Å²) in [5, 5.41) is 0. The lowest BCUT2D eigenvalue weighted by molar-refractivity contribution is 0.310. The highest BCUT2D eigenvalue weighted by atomic mass is 15.0. The van der Waals surface area contributed by atoms with Crippen LogP contribution in [0.5, 0.6) is 0 Å². The van der Waals surface area contributed by atoms with E-state index in [4.69, 9.17) is 0 Å². The van der Waals surface area contributed by atoms with Gasteiger partial charge in [-0.3, -0.25) is 0 Å². The molecule has 2 heteroatoms. The van der Waals surface area contributed by atoms with Crippen molar-refractivity contribution in [1.82, 2.24) is 9.55 Å². The fraction of sp³-hybridized carbons (Fsp3) is 0.500. The standard InChI is InChI=1S/C18H26N2/c1-14(2)6-7-17-15(3)16(8-9-18(17,4)5)12-20-11-10-19-13-20/h6-7,10-11,13,16H,1,8-9,12H2,2-5H3. The minimum absolute atomic E-state index is 0.265. The Kier molecular flexibility index (Phi) is 4.32. The molecule has 20 heavy (non-hydrogen) atoms. The molecule has 0 aromatic carbocycles. The van der Waals surface area contributed by atoms with Crippen molar-refractivity contribution < 1.29 is 0 Å². The van der Waals surface area contributed by atoms with Crippen molar-refractivity contribution in [2.24, 2.45) is 11.3 Å². The van der Waals surface area contributed by atoms with E-state index < -0.39 is 0 Å². The molecule has 0 amide bonds. The molecular formula is C18H26N2. The molecule has 0 spiro atoms. The lowest BCUT2D eigenvalue weighted by Crippen LogP contribution is -2.26. The van der Waals surface area contributed by atoms with E-state index in [0.29, 0.717) is 5.92 Å². The lowest BCUT2D eigenvalue weighted by atomic mass is 9.68. The first-order valence-corrected chi connectivity index (χ1v) is 7.41. The van der Waals surface area contributed by atoms with Crippen LogP contribution in [0, 0.1) is 11.3 Å². The molecule has 1 aromatic rings. The smallest absolute Gasteiger partial charge is 0.0946 e. The Morgan fingerprint density at radius 3 is 2.90 bits per heavy atom. The van der Waals surface area contributed by atoms with Gasteiger partial charge in [0, 0.05) is 18.9 Å². The van der Waals surface area contributed by atoms with Gasteiger partial charge in [-0.2, -0.15) is 0 Å². The normalized spacial score (nSPS) is 22.5. The van der Waals surface area contributed by atoms with E-state index in [0.717, 1.165) is 12.1 Å². The molecule has 1 aliphatic carbocycles. The first kappa shape index (κ1) is 14.8. The third-order valence-electron chi connectivity index (χ3n) is 4.41. The van der Waals surface area contributed by atoms with Gasteiger partial charge in [-0.05, 0) is 43.6 Å². The fourth-order valence-corrected chi connectivity index (χ4v) is 3.10. The molecule has 0 aliphatic heterocycles. The van der Waals surface area contributed by atoms with Crippen LogP contribution in [0.2, 0.25) is 0 Å². The zero-order chi connectivity index (χ0) is 14.8. The number of rotatable bonds is 4. The zero-order valence-electron chi connectivity index (χ0n) is 13.2. The number of nitrogens with zero attached hydrogens (tertiary/aromatic N) is 2. The third-order valence-corrected chi connectivity index (χ3v) is 4.41. The molecule has 2 rings (SSSR count). The van der Waals surface area contributed by atoms with Crippen molar-refractivity contribution in [2.45, 2.75) is 47.1 Å². The van der Waals surface area contributed by atoms with Crippen LogP contribution in [-0.2, 0) is 6.54 Å². The summed E-state index contributed by atoms with van der Waals surface area (Å²) in [6.07, 6.45) is 12.7. The Balaban J connectivity index is 2.28. The number of hydrogen-bond acceptors (Lipinski definition) is 1. The Hall–Kier alpha value is -1.57. The van der Waals surface area contributed by atoms with Crippen LogP contribution in [0.4, 0.5) is 0 Å². The molecule has 0 radical (unpaired) electrons. The largest absolute Gasteiger partial charge is 0.337 e. The minimum atomic E-state index is 0.265. The fourth-order valence-electron chi connectivity index (χ4n) is 3.10. The summed E-state index contributed by atoms with van der Waals surface area (Å²) in [5.74, 6) is 0.613. The van der Waals surface area contributed by atoms with Gasteiger partial charge in [0.15, 0.2) is 0 Å². The number of allylic oxidation sites excluding steroid dienone is 5. The van der Waals surface area contributed by atoms with Gasteiger partial charge in [-0.25, -0.2) is 4.98 Å². The van der Waals surface area contributed by atoms with E-state index in [9.17, 15) is 0 Å². The second-order valence-corrected chi connectivity index (χ2v) is 6.66. The van der Waals surface area contributed by atoms with Gasteiger partial charge in [0.1, 0.15) is 0 Å². The van der Waals surface area contributed by atoms with Gasteiger partial charge < -0.3 is 4.57 Å². The summed E-state index contributed by atoms with van der Waals surface area (Å²) < 4.78 is 2.19. The van der Waals surface area contributed by atoms with Crippen molar-refractivity contribution in [3.8, 4) is 0 Å². The highest BCUT2D eigenvalue weighted by Crippen LogP contribution is 2.43. The summed E-state index contributed by atoms with van der Waals surface area (Å²) in [6.45, 7) is 14.0. The number of imidazole rings is 1. The van der Waals surface area contributed by atoms with E-state index in [2.05, 4.69) is 55.3 Å². The van der Waals surface area contributed by atoms with Crippen molar-refractivity contribution in [3.63, 3.8) is 0 Å². The molecule has 1 unspecified atom stereocenters. The highest BCUT2D eigenvalue weighted by molar-refractivity contribution is 5.36. The number of hydrogen-bond donors (Lipinski definition) is 0. The number of aromatic nitrogens is 2. The van der Waals surface area contributed by atoms with Crippen LogP contribution in [0.15, 0.2) is 54.2 Å². The maximum Gasteiger partial charge on any atom is 0.0946 e. The van der Waals surface area contributed by atoms with Crippen LogP contribution >= 0.6 is 0 Å². The predicted octanol–water partition coefficient (Wildman–Crippen LogP) is 4.77. The SMILES string of the molecule is C=C(C)C=CC1=C(C)C(Cn2ccnc2)CCC1(C)C. The van der Waals surface area contributed by atoms with Gasteiger partial charge in [0.2, 0.25) is 0 Å². The third kappa shape index (κ3) is 3.30. The van der Waals surface area contributed by atoms with Crippen molar-refractivity contribution in [1.29, 1.82) is 0 Å². The Bertz CT molecular complexity index is 530. The molecular weight excluding hydrogens is 244 g/mol. The predicted molar refractivity (Wildman–Crippen MR) is 85.4 cm³/mol. The van der Waals surface area contributed by atoms with Crippen LogP contribution < -0.4 is 0 Å². The molecule has 0 N–H and O–H groups in total. The van der Waals surface area contributed by atoms with Crippen LogP contribution in [-0.4, -0.2) is 9.55 Å². The van der Waals surface area contributed by atoms with Crippen molar-refractivity contribution >= 4 is 0 Å². The molecule has 0 saturated heterocycles. The van der Waals surface area contributed by atoms with Crippen LogP contribution in [0.25, 0.3) is 0 Å². The van der Waals surface area contributed by atoms with Gasteiger partial charge >= 0.3 is 0 Å². The molecule has 0 fully saturated rings. The molecule has 1 aromatic heterocycles. The lowest BCUT2D eigenvalue weighted by Gasteiger charge is -2.37. The van der Waals surface area contributed by atoms with Gasteiger partial charge in [0.25, 0.3) is 0 Å². The summed E-state index contributed by atoms with van der Waals surface area (Å²) in [6, 6.07) is 0. The summed E-state index contributed by atoms with van der Waals surface area (Å²) >= 11 is 0. The van der Waals surface area contributed by atoms with E-state index in [1.54, 1.807) is 0 Å². The summed E-state index contributed by atoms with van der Waals surface area (Å²) in [4.78, 5) is 4.14. The molecule has 0 bridgehead atoms. The Labute approximate surface area is 122 Å². The quantitative estimate of drug-likeness (QED) is 0.721. The summed E-state index contributed by atoms with van der Waals surface area (Å²) in [5.41, 5.74) is 4.38. The van der Waals surface area contributed by atoms with Crippen molar-refractivity contribution in [2.75, 3.05) is 0 Å². The Morgan fingerprint density at radius 1 is 1.55 bits per heavy atom. The second-order valence-electron chi connectivity index (χ2n) is 6.66. The van der Waals surface area contributed by atoms with E-state index in [1.807, 2.05) is 19.4 Å². The van der Waals surface area contributed by atoms with Gasteiger partial charge in [0.05, 0.1) is 6.33 Å². The first-order valence-electron chi connectivity index (χ1n) is 7.41. The van der Waals surface area contributed by atoms with Gasteiger partial charge in [-0.15, -0.1) is 0 Å². The molecule has 1 heterocycles. The van der Waals surface area contributed by atoms with E-state index in [1.165, 1.54) is 24.0 Å². The molecule has 0 saturated carbocycles. The molecule has 108 valence electrons. The van der Waals surface area contributed by atoms with E-state index in [-0.39, 0.29) is 5.41 Å². The average Bonchev–Trinajstić information content (AvgIpc) is 2.85. The monoisotopic (exact) mass is 270 g/mol. The van der Waals surface area contributed by atoms with E-state index >= 15 is 0 Å². The van der Waals surface area contributed by atoms with Gasteiger partial charge in [-0.1, -0.05) is 43.7 Å². The maximum absolute atomic E-state index is 4.14. The maximum atomic E-state index is 4.14. The van der Waals surface area contributed by atoms with Crippen LogP contribution in [0.3, 0.4) is 0 Å². The highest BCUT2D eigenvalue weighted by Gasteiger charge is 2.31. The Morgan fingerprint density at radius 2 is 2.30 bits per heavy atom. The molecule has 2 nitrogen and oxygen atoms in total. The van der Waals surface area contributed by atoms with Crippen LogP contribution in [0.1, 0.15) is 40.5 Å². The second kappa shape index (κ2) is 5.82. The molecule has 1 aliphatic rings.